The van der Waals surface area contributed by atoms with Gasteiger partial charge in [0.15, 0.2) is 5.83 Å². The number of piperazine rings is 1. The predicted octanol–water partition coefficient (Wildman–Crippen LogP) is 5.42. The van der Waals surface area contributed by atoms with Gasteiger partial charge in [-0.3, -0.25) is 9.69 Å². The second kappa shape index (κ2) is 13.0. The molecular weight excluding hydrogens is 607 g/mol. The van der Waals surface area contributed by atoms with Crippen LogP contribution in [0.4, 0.5) is 24.7 Å². The minimum absolute atomic E-state index is 0.0178. The van der Waals surface area contributed by atoms with Gasteiger partial charge in [0.1, 0.15) is 18.0 Å². The van der Waals surface area contributed by atoms with Crippen molar-refractivity contribution in [3.63, 3.8) is 0 Å². The number of benzene rings is 2. The average molecular weight is 648 g/mol. The second-order valence-electron chi connectivity index (χ2n) is 13.0. The average Bonchev–Trinajstić information content (AvgIpc) is 3.02. The highest BCUT2D eigenvalue weighted by Gasteiger charge is 2.47. The van der Waals surface area contributed by atoms with E-state index >= 15 is 0 Å². The highest BCUT2D eigenvalue weighted by Crippen LogP contribution is 2.40. The number of likely N-dealkylation sites (N-methyl/N-ethyl adjacent to an activating group) is 1. The molecule has 0 N–H and O–H groups in total. The van der Waals surface area contributed by atoms with Crippen molar-refractivity contribution in [3.05, 3.63) is 77.0 Å². The van der Waals surface area contributed by atoms with E-state index in [-0.39, 0.29) is 44.1 Å². The molecule has 2 aliphatic heterocycles. The number of carbonyl (C=O) groups is 1. The van der Waals surface area contributed by atoms with E-state index < -0.39 is 23.7 Å². The summed E-state index contributed by atoms with van der Waals surface area (Å²) < 4.78 is 47.2. The van der Waals surface area contributed by atoms with E-state index in [9.17, 15) is 18.0 Å². The molecule has 1 saturated heterocycles. The molecule has 6 rings (SSSR count). The number of hydrogen-bond acceptors (Lipinski definition) is 7. The van der Waals surface area contributed by atoms with Crippen molar-refractivity contribution in [1.29, 1.82) is 0 Å². The molecule has 3 aliphatic rings. The predicted molar refractivity (Wildman–Crippen MR) is 176 cm³/mol. The molecule has 2 fully saturated rings. The Labute approximate surface area is 273 Å². The number of fused-ring (bicyclic) bond motifs is 2. The van der Waals surface area contributed by atoms with Crippen LogP contribution in [0.25, 0.3) is 15.6 Å². The highest BCUT2D eigenvalue weighted by atomic mass is 19.3. The van der Waals surface area contributed by atoms with Crippen LogP contribution in [-0.2, 0) is 17.8 Å². The number of aryl methyl sites for hydroxylation is 1. The zero-order valence-corrected chi connectivity index (χ0v) is 27.1. The van der Waals surface area contributed by atoms with Gasteiger partial charge in [-0.1, -0.05) is 36.9 Å². The third kappa shape index (κ3) is 6.72. The number of carbonyl (C=O) groups excluding carboxylic acids is 1. The number of anilines is 2. The maximum atomic E-state index is 13.9. The Morgan fingerprint density at radius 2 is 1.91 bits per heavy atom. The Morgan fingerprint density at radius 3 is 2.62 bits per heavy atom. The third-order valence-electron chi connectivity index (χ3n) is 9.58. The van der Waals surface area contributed by atoms with Gasteiger partial charge in [-0.15, -0.1) is 0 Å². The van der Waals surface area contributed by atoms with Crippen molar-refractivity contribution >= 4 is 28.2 Å². The van der Waals surface area contributed by atoms with Gasteiger partial charge in [-0.25, -0.2) is 19.7 Å². The first kappa shape index (κ1) is 32.6. The summed E-state index contributed by atoms with van der Waals surface area (Å²) in [6.45, 7) is 17.2. The van der Waals surface area contributed by atoms with Crippen molar-refractivity contribution in [1.82, 2.24) is 19.8 Å². The summed E-state index contributed by atoms with van der Waals surface area (Å²) in [5.74, 6) is -3.77. The van der Waals surface area contributed by atoms with Gasteiger partial charge in [-0.2, -0.15) is 9.97 Å². The molecule has 3 heterocycles. The van der Waals surface area contributed by atoms with Gasteiger partial charge < -0.3 is 24.3 Å². The fraction of sp³-hybridized carbons (Fsp3) is 0.486. The number of hydrogen-bond donors (Lipinski definition) is 0. The van der Waals surface area contributed by atoms with E-state index in [2.05, 4.69) is 59.6 Å². The summed E-state index contributed by atoms with van der Waals surface area (Å²) in [6.07, 6.45) is -0.0277. The van der Waals surface area contributed by atoms with Gasteiger partial charge in [0, 0.05) is 68.2 Å². The lowest BCUT2D eigenvalue weighted by Gasteiger charge is -2.42. The number of alkyl halides is 2. The first-order valence-electron chi connectivity index (χ1n) is 16.1. The molecule has 2 aromatic carbocycles. The summed E-state index contributed by atoms with van der Waals surface area (Å²) in [4.78, 5) is 33.5. The number of rotatable bonds is 9. The van der Waals surface area contributed by atoms with Crippen molar-refractivity contribution < 1.29 is 22.7 Å². The van der Waals surface area contributed by atoms with Crippen LogP contribution < -0.4 is 14.5 Å². The quantitative estimate of drug-likeness (QED) is 0.227. The molecule has 1 aromatic heterocycles. The van der Waals surface area contributed by atoms with Crippen LogP contribution in [0.15, 0.2) is 48.8 Å². The number of ether oxygens (including phenoxy) is 1. The zero-order chi connectivity index (χ0) is 33.5. The van der Waals surface area contributed by atoms with Crippen LogP contribution in [0.2, 0.25) is 0 Å². The second-order valence-corrected chi connectivity index (χ2v) is 13.0. The van der Waals surface area contributed by atoms with E-state index in [4.69, 9.17) is 21.3 Å². The Kier molecular flexibility index (Phi) is 9.03. The molecule has 2 atom stereocenters. The van der Waals surface area contributed by atoms with Crippen LogP contribution in [-0.4, -0.2) is 96.1 Å². The highest BCUT2D eigenvalue weighted by molar-refractivity contribution is 5.97. The summed E-state index contributed by atoms with van der Waals surface area (Å²) in [5.41, 5.74) is 4.10. The zero-order valence-electron chi connectivity index (χ0n) is 27.1. The summed E-state index contributed by atoms with van der Waals surface area (Å²) in [6, 6.07) is 12.0. The molecule has 248 valence electrons. The number of amides is 1. The van der Waals surface area contributed by atoms with Crippen LogP contribution in [0.5, 0.6) is 6.01 Å². The number of nitrogens with zero attached hydrogens (tertiary/aromatic N) is 7. The first-order chi connectivity index (χ1) is 22.4. The van der Waals surface area contributed by atoms with Crippen molar-refractivity contribution in [2.75, 3.05) is 56.1 Å². The van der Waals surface area contributed by atoms with E-state index in [1.807, 2.05) is 23.8 Å². The van der Waals surface area contributed by atoms with Crippen LogP contribution >= 0.6 is 0 Å². The van der Waals surface area contributed by atoms with Crippen LogP contribution in [0.1, 0.15) is 36.6 Å². The fourth-order valence-corrected chi connectivity index (χ4v) is 7.12. The molecular formula is C35H40F3N7O2. The van der Waals surface area contributed by atoms with Crippen LogP contribution in [0.3, 0.4) is 0 Å². The van der Waals surface area contributed by atoms with Crippen LogP contribution in [0, 0.1) is 13.5 Å². The third-order valence-corrected chi connectivity index (χ3v) is 9.58. The molecule has 0 unspecified atom stereocenters. The summed E-state index contributed by atoms with van der Waals surface area (Å²) in [5, 5.41) is 2.36. The Balaban J connectivity index is 1.31. The van der Waals surface area contributed by atoms with Crippen molar-refractivity contribution in [2.45, 2.75) is 63.8 Å². The lowest BCUT2D eigenvalue weighted by atomic mass is 9.87. The number of aromatic nitrogens is 2. The van der Waals surface area contributed by atoms with E-state index in [1.54, 1.807) is 0 Å². The smallest absolute Gasteiger partial charge is 0.318 e. The molecule has 9 nitrogen and oxygen atoms in total. The van der Waals surface area contributed by atoms with E-state index in [1.165, 1.54) is 15.8 Å². The van der Waals surface area contributed by atoms with Gasteiger partial charge in [0.25, 0.3) is 11.8 Å². The molecule has 0 spiro atoms. The molecule has 1 aliphatic carbocycles. The lowest BCUT2D eigenvalue weighted by molar-refractivity contribution is -0.131. The first-order valence-corrected chi connectivity index (χ1v) is 16.1. The normalized spacial score (nSPS) is 20.0. The van der Waals surface area contributed by atoms with Gasteiger partial charge in [0.2, 0.25) is 6.54 Å². The molecule has 1 amide bonds. The minimum atomic E-state index is -2.61. The van der Waals surface area contributed by atoms with E-state index in [0.29, 0.717) is 38.4 Å². The lowest BCUT2D eigenvalue weighted by Crippen LogP contribution is -2.57. The monoisotopic (exact) mass is 647 g/mol. The Hall–Kier alpha value is -4.37. The standard InChI is InChI=1S/C35H40F3N7O2/c1-22-8-6-9-25-10-7-11-30(31(22)25)43-13-12-28-29(21-43)40-34(47-23(2)19-42(5)26-16-35(37,38)17-26)41-32(28)44-14-15-45(33(46)24(3)36)27(20-44)18-39-4/h6-11,23,26-27H,3,12-21H2,1-2,5H3/t23-,27+/m1/s1. The number of halogens is 3. The summed E-state index contributed by atoms with van der Waals surface area (Å²) in [7, 11) is 1.83. The SMILES string of the molecule is [C-]#[N+]C[C@H]1CN(c2nc(O[C@H](C)CN(C)C3CC(F)(F)C3)nc3c2CCN(c2cccc4cccc(C)c24)C3)CCN1C(=O)C(=C)F. The molecule has 0 radical (unpaired) electrons. The molecule has 3 aromatic rings. The summed E-state index contributed by atoms with van der Waals surface area (Å²) >= 11 is 0. The Morgan fingerprint density at radius 1 is 1.17 bits per heavy atom. The molecule has 1 saturated carbocycles. The molecule has 47 heavy (non-hydrogen) atoms. The topological polar surface area (TPSA) is 69.4 Å². The minimum Gasteiger partial charge on any atom is -0.459 e. The Bertz CT molecular complexity index is 1710. The maximum Gasteiger partial charge on any atom is 0.318 e. The maximum absolute atomic E-state index is 13.9. The van der Waals surface area contributed by atoms with Crippen molar-refractivity contribution in [3.8, 4) is 6.01 Å². The van der Waals surface area contributed by atoms with Gasteiger partial charge >= 0.3 is 6.01 Å². The van der Waals surface area contributed by atoms with Crippen molar-refractivity contribution in [2.24, 2.45) is 0 Å². The molecule has 0 bridgehead atoms. The molecule has 12 heteroatoms. The fourth-order valence-electron chi connectivity index (χ4n) is 7.12. The largest absolute Gasteiger partial charge is 0.459 e. The van der Waals surface area contributed by atoms with E-state index in [0.717, 1.165) is 28.9 Å². The van der Waals surface area contributed by atoms with Gasteiger partial charge in [-0.05, 0) is 44.3 Å². The van der Waals surface area contributed by atoms with Gasteiger partial charge in [0.05, 0.1) is 12.2 Å².